The summed E-state index contributed by atoms with van der Waals surface area (Å²) in [6, 6.07) is 24.7. The van der Waals surface area contributed by atoms with Gasteiger partial charge in [0.2, 0.25) is 0 Å². The standard InChI is InChI=1S/C24H16N2O5/c25-16-15-24(22(28)30-17-9-3-1-4-10-17)19-13-7-8-14-20(19)26(21(24)27)23(29)31-18-11-5-2-6-12-18/h1-14H,15H2/t24-/m0/s1. The molecule has 4 rings (SSSR count). The van der Waals surface area contributed by atoms with E-state index in [2.05, 4.69) is 0 Å². The second kappa shape index (κ2) is 8.13. The summed E-state index contributed by atoms with van der Waals surface area (Å²) in [6.45, 7) is 0. The molecule has 0 bridgehead atoms. The minimum Gasteiger partial charge on any atom is -0.425 e. The molecule has 0 saturated heterocycles. The van der Waals surface area contributed by atoms with Gasteiger partial charge in [0.1, 0.15) is 11.5 Å². The molecule has 1 aliphatic rings. The fourth-order valence-electron chi connectivity index (χ4n) is 3.50. The number of nitriles is 1. The largest absolute Gasteiger partial charge is 0.426 e. The lowest BCUT2D eigenvalue weighted by Crippen LogP contribution is -2.50. The Hall–Kier alpha value is -4.44. The Morgan fingerprint density at radius 1 is 0.839 bits per heavy atom. The summed E-state index contributed by atoms with van der Waals surface area (Å²) in [5.41, 5.74) is -1.60. The van der Waals surface area contributed by atoms with Gasteiger partial charge in [-0.05, 0) is 30.3 Å². The summed E-state index contributed by atoms with van der Waals surface area (Å²) in [4.78, 5) is 40.5. The van der Waals surface area contributed by atoms with Crippen molar-refractivity contribution < 1.29 is 23.9 Å². The number of nitrogens with zero attached hydrogens (tertiary/aromatic N) is 2. The van der Waals surface area contributed by atoms with Crippen molar-refractivity contribution in [2.24, 2.45) is 0 Å². The van der Waals surface area contributed by atoms with E-state index in [9.17, 15) is 19.6 Å². The zero-order valence-corrected chi connectivity index (χ0v) is 16.2. The van der Waals surface area contributed by atoms with Crippen LogP contribution in [-0.4, -0.2) is 18.0 Å². The van der Waals surface area contributed by atoms with Gasteiger partial charge < -0.3 is 9.47 Å². The van der Waals surface area contributed by atoms with Crippen molar-refractivity contribution in [1.82, 2.24) is 0 Å². The predicted octanol–water partition coefficient (Wildman–Crippen LogP) is 3.99. The molecule has 0 saturated carbocycles. The van der Waals surface area contributed by atoms with Crippen LogP contribution in [0.25, 0.3) is 0 Å². The molecular formula is C24H16N2O5. The highest BCUT2D eigenvalue weighted by atomic mass is 16.6. The molecule has 3 aromatic carbocycles. The molecule has 1 aliphatic heterocycles. The van der Waals surface area contributed by atoms with Crippen LogP contribution >= 0.6 is 0 Å². The first-order valence-corrected chi connectivity index (χ1v) is 9.43. The molecule has 31 heavy (non-hydrogen) atoms. The second-order valence-corrected chi connectivity index (χ2v) is 6.78. The second-order valence-electron chi connectivity index (χ2n) is 6.78. The number of carbonyl (C=O) groups excluding carboxylic acids is 3. The highest BCUT2D eigenvalue weighted by molar-refractivity contribution is 6.29. The van der Waals surface area contributed by atoms with Crippen molar-refractivity contribution in [2.45, 2.75) is 11.8 Å². The van der Waals surface area contributed by atoms with Crippen molar-refractivity contribution in [1.29, 1.82) is 5.26 Å². The number of ether oxygens (including phenoxy) is 2. The number of esters is 1. The summed E-state index contributed by atoms with van der Waals surface area (Å²) >= 11 is 0. The van der Waals surface area contributed by atoms with Crippen molar-refractivity contribution in [3.05, 3.63) is 90.5 Å². The monoisotopic (exact) mass is 412 g/mol. The number of carbonyl (C=O) groups is 3. The molecule has 2 amide bonds. The fourth-order valence-corrected chi connectivity index (χ4v) is 3.50. The van der Waals surface area contributed by atoms with Gasteiger partial charge in [0.25, 0.3) is 5.91 Å². The summed E-state index contributed by atoms with van der Waals surface area (Å²) in [5, 5.41) is 9.47. The third-order valence-corrected chi connectivity index (χ3v) is 4.95. The zero-order valence-electron chi connectivity index (χ0n) is 16.2. The van der Waals surface area contributed by atoms with Crippen LogP contribution in [0.2, 0.25) is 0 Å². The van der Waals surface area contributed by atoms with E-state index in [1.165, 1.54) is 12.1 Å². The number of rotatable bonds is 4. The van der Waals surface area contributed by atoms with Gasteiger partial charge >= 0.3 is 12.1 Å². The molecule has 0 aliphatic carbocycles. The van der Waals surface area contributed by atoms with Crippen molar-refractivity contribution in [3.63, 3.8) is 0 Å². The number of benzene rings is 3. The van der Waals surface area contributed by atoms with E-state index in [0.717, 1.165) is 4.90 Å². The van der Waals surface area contributed by atoms with Gasteiger partial charge in [-0.3, -0.25) is 9.59 Å². The van der Waals surface area contributed by atoms with E-state index in [1.807, 2.05) is 6.07 Å². The average molecular weight is 412 g/mol. The third kappa shape index (κ3) is 3.40. The Balaban J connectivity index is 1.76. The van der Waals surface area contributed by atoms with Crippen LogP contribution < -0.4 is 14.4 Å². The molecule has 0 unspecified atom stereocenters. The van der Waals surface area contributed by atoms with Gasteiger partial charge in [0.05, 0.1) is 18.2 Å². The molecule has 1 heterocycles. The third-order valence-electron chi connectivity index (χ3n) is 4.95. The first kappa shape index (κ1) is 19.9. The Morgan fingerprint density at radius 3 is 2.00 bits per heavy atom. The Kier molecular flexibility index (Phi) is 5.21. The molecule has 0 fully saturated rings. The van der Waals surface area contributed by atoms with E-state index in [0.29, 0.717) is 0 Å². The maximum absolute atomic E-state index is 13.5. The number of imide groups is 1. The summed E-state index contributed by atoms with van der Waals surface area (Å²) in [5.74, 6) is -1.37. The maximum Gasteiger partial charge on any atom is 0.426 e. The van der Waals surface area contributed by atoms with Gasteiger partial charge in [0, 0.05) is 5.56 Å². The van der Waals surface area contributed by atoms with Crippen LogP contribution in [0.4, 0.5) is 10.5 Å². The van der Waals surface area contributed by atoms with Crippen LogP contribution in [0.1, 0.15) is 12.0 Å². The lowest BCUT2D eigenvalue weighted by Gasteiger charge is -2.23. The normalized spacial score (nSPS) is 16.9. The Labute approximate surface area is 178 Å². The Bertz CT molecular complexity index is 1190. The highest BCUT2D eigenvalue weighted by Crippen LogP contribution is 2.45. The van der Waals surface area contributed by atoms with Gasteiger partial charge in [-0.15, -0.1) is 0 Å². The molecule has 0 radical (unpaired) electrons. The number of anilines is 1. The van der Waals surface area contributed by atoms with Crippen molar-refractivity contribution in [3.8, 4) is 17.6 Å². The lowest BCUT2D eigenvalue weighted by atomic mass is 9.79. The molecule has 7 heteroatoms. The predicted molar refractivity (Wildman–Crippen MR) is 110 cm³/mol. The molecule has 3 aromatic rings. The number of amides is 2. The minimum absolute atomic E-state index is 0.175. The molecule has 152 valence electrons. The van der Waals surface area contributed by atoms with E-state index >= 15 is 0 Å². The van der Waals surface area contributed by atoms with Crippen LogP contribution in [-0.2, 0) is 15.0 Å². The fraction of sp³-hybridized carbons (Fsp3) is 0.0833. The molecule has 1 atom stereocenters. The molecule has 7 nitrogen and oxygen atoms in total. The molecule has 0 aromatic heterocycles. The first-order chi connectivity index (χ1) is 15.1. The number of hydrogen-bond donors (Lipinski definition) is 0. The van der Waals surface area contributed by atoms with Gasteiger partial charge in [-0.2, -0.15) is 5.26 Å². The number of fused-ring (bicyclic) bond motifs is 1. The van der Waals surface area contributed by atoms with E-state index in [4.69, 9.17) is 9.47 Å². The van der Waals surface area contributed by atoms with Crippen molar-refractivity contribution in [2.75, 3.05) is 4.90 Å². The number of para-hydroxylation sites is 3. The van der Waals surface area contributed by atoms with Crippen LogP contribution in [0.5, 0.6) is 11.5 Å². The van der Waals surface area contributed by atoms with E-state index in [-0.39, 0.29) is 22.7 Å². The first-order valence-electron chi connectivity index (χ1n) is 9.43. The minimum atomic E-state index is -1.99. The smallest absolute Gasteiger partial charge is 0.425 e. The average Bonchev–Trinajstić information content (AvgIpc) is 3.04. The molecular weight excluding hydrogens is 396 g/mol. The Morgan fingerprint density at radius 2 is 1.39 bits per heavy atom. The summed E-state index contributed by atoms with van der Waals surface area (Å²) < 4.78 is 10.8. The van der Waals surface area contributed by atoms with Crippen LogP contribution in [0.3, 0.4) is 0 Å². The van der Waals surface area contributed by atoms with Gasteiger partial charge in [-0.25, -0.2) is 9.69 Å². The van der Waals surface area contributed by atoms with Crippen molar-refractivity contribution >= 4 is 23.7 Å². The lowest BCUT2D eigenvalue weighted by molar-refractivity contribution is -0.145. The molecule has 0 spiro atoms. The van der Waals surface area contributed by atoms with E-state index in [1.54, 1.807) is 72.8 Å². The SMILES string of the molecule is N#CC[C@@]1(C(=O)Oc2ccccc2)C(=O)N(C(=O)Oc2ccccc2)c2ccccc21. The highest BCUT2D eigenvalue weighted by Gasteiger charge is 2.60. The van der Waals surface area contributed by atoms with Gasteiger partial charge in [-0.1, -0.05) is 54.6 Å². The zero-order chi connectivity index (χ0) is 21.8. The summed E-state index contributed by atoms with van der Waals surface area (Å²) in [6.07, 6.45) is -1.47. The van der Waals surface area contributed by atoms with Gasteiger partial charge in [0.15, 0.2) is 5.41 Å². The molecule has 0 N–H and O–H groups in total. The van der Waals surface area contributed by atoms with E-state index < -0.39 is 29.8 Å². The topological polar surface area (TPSA) is 96.7 Å². The summed E-state index contributed by atoms with van der Waals surface area (Å²) in [7, 11) is 0. The van der Waals surface area contributed by atoms with Crippen LogP contribution in [0, 0.1) is 11.3 Å². The van der Waals surface area contributed by atoms with Crippen LogP contribution in [0.15, 0.2) is 84.9 Å². The number of hydrogen-bond acceptors (Lipinski definition) is 6. The maximum atomic E-state index is 13.5. The quantitative estimate of drug-likeness (QED) is 0.365.